The minimum atomic E-state index is -1.26. The Morgan fingerprint density at radius 3 is 2.10 bits per heavy atom. The first-order chi connectivity index (χ1) is 14.8. The number of fused-ring (bicyclic) bond motifs is 4. The summed E-state index contributed by atoms with van der Waals surface area (Å²) < 4.78 is 5.83. The molecule has 31 heavy (non-hydrogen) atoms. The number of nitrogens with two attached hydrogens (primary N) is 1. The molecule has 0 saturated carbocycles. The van der Waals surface area contributed by atoms with Crippen molar-refractivity contribution in [1.29, 1.82) is 0 Å². The number of benzene rings is 1. The molecular weight excluding hydrogens is 402 g/mol. The smallest absolute Gasteiger partial charge is 0.328 e. The van der Waals surface area contributed by atoms with E-state index in [1.165, 1.54) is 0 Å². The lowest BCUT2D eigenvalue weighted by atomic mass is 10.1. The van der Waals surface area contributed by atoms with Crippen LogP contribution in [0.3, 0.4) is 0 Å². The summed E-state index contributed by atoms with van der Waals surface area (Å²) in [5.74, 6) is -1.37. The van der Waals surface area contributed by atoms with E-state index in [1.807, 2.05) is 35.2 Å². The molecule has 0 atom stereocenters. The van der Waals surface area contributed by atoms with Crippen molar-refractivity contribution >= 4 is 23.5 Å². The van der Waals surface area contributed by atoms with Crippen LogP contribution in [0.15, 0.2) is 53.0 Å². The maximum absolute atomic E-state index is 12.8. The van der Waals surface area contributed by atoms with E-state index in [0.717, 1.165) is 44.6 Å². The normalized spacial score (nSPS) is 20.1. The van der Waals surface area contributed by atoms with Crippen molar-refractivity contribution in [3.8, 4) is 11.3 Å². The number of aliphatic carboxylic acids is 2. The van der Waals surface area contributed by atoms with Crippen molar-refractivity contribution in [3.05, 3.63) is 54.3 Å². The van der Waals surface area contributed by atoms with Gasteiger partial charge < -0.3 is 30.2 Å². The van der Waals surface area contributed by atoms with Gasteiger partial charge in [0, 0.05) is 55.6 Å². The van der Waals surface area contributed by atoms with Gasteiger partial charge in [-0.15, -0.1) is 0 Å². The number of carboxylic acid groups (broad SMARTS) is 2. The van der Waals surface area contributed by atoms with Crippen LogP contribution in [0.2, 0.25) is 0 Å². The van der Waals surface area contributed by atoms with E-state index >= 15 is 0 Å². The van der Waals surface area contributed by atoms with Crippen molar-refractivity contribution < 1.29 is 29.0 Å². The Balaban J connectivity index is 0.000000293. The summed E-state index contributed by atoms with van der Waals surface area (Å²) in [6.45, 7) is 3.96. The molecule has 2 aromatic rings. The van der Waals surface area contributed by atoms with E-state index in [9.17, 15) is 14.4 Å². The molecule has 0 spiro atoms. The number of anilines is 1. The monoisotopic (exact) mass is 427 g/mol. The van der Waals surface area contributed by atoms with Crippen molar-refractivity contribution in [2.45, 2.75) is 18.9 Å². The second kappa shape index (κ2) is 9.94. The third-order valence-electron chi connectivity index (χ3n) is 5.30. The largest absolute Gasteiger partial charge is 0.478 e. The Morgan fingerprint density at radius 1 is 0.903 bits per heavy atom. The standard InChI is InChI=1S/C18H21N3O2.C4H4O4/c19-14-3-1-13(2-4-14)16-5-6-17(23-16)18(22)21-12-11-20-9-7-15(21)8-10-20;5-3(6)1-2-4(7)8/h1-6,15H,7-12,19H2;1-2H,(H,5,6)(H,7,8)/b;2-1+. The predicted octanol–water partition coefficient (Wildman–Crippen LogP) is 2.16. The van der Waals surface area contributed by atoms with Crippen LogP contribution in [-0.2, 0) is 9.59 Å². The van der Waals surface area contributed by atoms with E-state index in [2.05, 4.69) is 4.90 Å². The van der Waals surface area contributed by atoms with Gasteiger partial charge in [0.1, 0.15) is 5.76 Å². The van der Waals surface area contributed by atoms with Crippen LogP contribution in [0.4, 0.5) is 5.69 Å². The highest BCUT2D eigenvalue weighted by atomic mass is 16.4. The highest BCUT2D eigenvalue weighted by molar-refractivity contribution is 5.92. The Hall–Kier alpha value is -3.59. The molecule has 2 bridgehead atoms. The third kappa shape index (κ3) is 5.95. The fourth-order valence-corrected chi connectivity index (χ4v) is 3.69. The molecule has 1 amide bonds. The molecule has 3 fully saturated rings. The van der Waals surface area contributed by atoms with Crippen molar-refractivity contribution in [3.63, 3.8) is 0 Å². The predicted molar refractivity (Wildman–Crippen MR) is 113 cm³/mol. The van der Waals surface area contributed by atoms with Gasteiger partial charge in [-0.2, -0.15) is 0 Å². The highest BCUT2D eigenvalue weighted by Crippen LogP contribution is 2.26. The van der Waals surface area contributed by atoms with Crippen LogP contribution < -0.4 is 5.73 Å². The van der Waals surface area contributed by atoms with Gasteiger partial charge >= 0.3 is 11.9 Å². The minimum absolute atomic E-state index is 0.0143. The summed E-state index contributed by atoms with van der Waals surface area (Å²) in [7, 11) is 0. The summed E-state index contributed by atoms with van der Waals surface area (Å²) in [4.78, 5) is 36.4. The van der Waals surface area contributed by atoms with Gasteiger partial charge in [-0.25, -0.2) is 9.59 Å². The van der Waals surface area contributed by atoms with Crippen LogP contribution in [0.1, 0.15) is 23.4 Å². The zero-order chi connectivity index (χ0) is 22.4. The van der Waals surface area contributed by atoms with Gasteiger partial charge in [-0.1, -0.05) is 0 Å². The molecule has 1 aromatic carbocycles. The number of piperidine rings is 1. The molecular formula is C22H25N3O6. The highest BCUT2D eigenvalue weighted by Gasteiger charge is 2.33. The molecule has 0 radical (unpaired) electrons. The minimum Gasteiger partial charge on any atom is -0.478 e. The second-order valence-corrected chi connectivity index (χ2v) is 7.37. The topological polar surface area (TPSA) is 137 Å². The maximum atomic E-state index is 12.8. The van der Waals surface area contributed by atoms with Crippen molar-refractivity contribution in [2.24, 2.45) is 0 Å². The summed E-state index contributed by atoms with van der Waals surface area (Å²) in [6.07, 6.45) is 3.25. The summed E-state index contributed by atoms with van der Waals surface area (Å²) in [5.41, 5.74) is 7.36. The number of nitrogens with zero attached hydrogens (tertiary/aromatic N) is 2. The number of carboxylic acids is 2. The number of furan rings is 1. The Bertz CT molecular complexity index is 942. The van der Waals surface area contributed by atoms with Gasteiger partial charge in [-0.3, -0.25) is 4.79 Å². The van der Waals surface area contributed by atoms with E-state index in [4.69, 9.17) is 20.4 Å². The molecule has 3 aliphatic rings. The summed E-state index contributed by atoms with van der Waals surface area (Å²) in [5, 5.41) is 15.6. The zero-order valence-electron chi connectivity index (χ0n) is 16.9. The van der Waals surface area contributed by atoms with Crippen LogP contribution >= 0.6 is 0 Å². The molecule has 0 unspecified atom stereocenters. The van der Waals surface area contributed by atoms with Crippen LogP contribution in [0, 0.1) is 0 Å². The zero-order valence-corrected chi connectivity index (χ0v) is 16.9. The lowest BCUT2D eigenvalue weighted by Gasteiger charge is -2.30. The molecule has 5 rings (SSSR count). The fourth-order valence-electron chi connectivity index (χ4n) is 3.69. The van der Waals surface area contributed by atoms with Crippen LogP contribution in [0.5, 0.6) is 0 Å². The second-order valence-electron chi connectivity index (χ2n) is 7.37. The average molecular weight is 427 g/mol. The quantitative estimate of drug-likeness (QED) is 0.499. The molecule has 4 N–H and O–H groups in total. The fraction of sp³-hybridized carbons (Fsp3) is 0.318. The molecule has 9 heteroatoms. The SMILES string of the molecule is Nc1ccc(-c2ccc(C(=O)N3CCN4CCC3CC4)o2)cc1.O=C(O)/C=C/C(=O)O. The Kier molecular flexibility index (Phi) is 7.09. The molecule has 164 valence electrons. The average Bonchev–Trinajstić information content (AvgIpc) is 3.05. The Labute approximate surface area is 179 Å². The first-order valence-corrected chi connectivity index (χ1v) is 9.96. The molecule has 3 saturated heterocycles. The number of amides is 1. The number of hydrogen-bond donors (Lipinski definition) is 3. The van der Waals surface area contributed by atoms with Crippen molar-refractivity contribution in [1.82, 2.24) is 9.80 Å². The maximum Gasteiger partial charge on any atom is 0.328 e. The van der Waals surface area contributed by atoms with Crippen LogP contribution in [0.25, 0.3) is 11.3 Å². The Morgan fingerprint density at radius 2 is 1.52 bits per heavy atom. The molecule has 1 aromatic heterocycles. The molecule has 4 heterocycles. The van der Waals surface area contributed by atoms with E-state index in [1.54, 1.807) is 6.07 Å². The molecule has 0 aliphatic carbocycles. The number of carbonyl (C=O) groups is 3. The number of hydrogen-bond acceptors (Lipinski definition) is 6. The van der Waals surface area contributed by atoms with Gasteiger partial charge in [0.15, 0.2) is 5.76 Å². The van der Waals surface area contributed by atoms with Crippen molar-refractivity contribution in [2.75, 3.05) is 31.9 Å². The van der Waals surface area contributed by atoms with E-state index in [-0.39, 0.29) is 5.91 Å². The summed E-state index contributed by atoms with van der Waals surface area (Å²) in [6, 6.07) is 11.5. The number of nitrogen functional groups attached to an aromatic ring is 1. The van der Waals surface area contributed by atoms with E-state index in [0.29, 0.717) is 35.4 Å². The first kappa shape index (κ1) is 22.1. The van der Waals surface area contributed by atoms with Gasteiger partial charge in [-0.05, 0) is 49.2 Å². The molecule has 3 aliphatic heterocycles. The lowest BCUT2D eigenvalue weighted by Crippen LogP contribution is -2.41. The van der Waals surface area contributed by atoms with Crippen LogP contribution in [-0.4, -0.2) is 70.1 Å². The lowest BCUT2D eigenvalue weighted by molar-refractivity contribution is -0.134. The number of rotatable bonds is 4. The van der Waals surface area contributed by atoms with Gasteiger partial charge in [0.2, 0.25) is 0 Å². The third-order valence-corrected chi connectivity index (χ3v) is 5.30. The first-order valence-electron chi connectivity index (χ1n) is 9.96. The van der Waals surface area contributed by atoms with E-state index < -0.39 is 11.9 Å². The van der Waals surface area contributed by atoms with Gasteiger partial charge in [0.05, 0.1) is 0 Å². The summed E-state index contributed by atoms with van der Waals surface area (Å²) >= 11 is 0. The molecule has 9 nitrogen and oxygen atoms in total. The number of carbonyl (C=O) groups excluding carboxylic acids is 1. The van der Waals surface area contributed by atoms with Gasteiger partial charge in [0.25, 0.3) is 5.91 Å².